The Morgan fingerprint density at radius 3 is 2.74 bits per heavy atom. The third-order valence-corrected chi connectivity index (χ3v) is 4.24. The normalized spacial score (nSPS) is 18.2. The number of morpholine rings is 1. The second-order valence-corrected chi connectivity index (χ2v) is 6.04. The Bertz CT molecular complexity index is 691. The van der Waals surface area contributed by atoms with Crippen molar-refractivity contribution in [2.45, 2.75) is 33.3 Å². The fourth-order valence-corrected chi connectivity index (χ4v) is 2.97. The van der Waals surface area contributed by atoms with E-state index < -0.39 is 0 Å². The van der Waals surface area contributed by atoms with E-state index in [1.165, 1.54) is 5.56 Å². The molecule has 0 spiro atoms. The van der Waals surface area contributed by atoms with Crippen LogP contribution in [0.1, 0.15) is 35.5 Å². The van der Waals surface area contributed by atoms with Crippen molar-refractivity contribution in [3.63, 3.8) is 0 Å². The Morgan fingerprint density at radius 2 is 2.09 bits per heavy atom. The third-order valence-electron chi connectivity index (χ3n) is 4.24. The molecular formula is C18H23N3O2. The Morgan fingerprint density at radius 1 is 1.35 bits per heavy atom. The minimum Gasteiger partial charge on any atom is -0.375 e. The average molecular weight is 313 g/mol. The minimum absolute atomic E-state index is 0.0513. The molecule has 0 bridgehead atoms. The summed E-state index contributed by atoms with van der Waals surface area (Å²) in [4.78, 5) is 14.7. The second kappa shape index (κ2) is 6.54. The van der Waals surface area contributed by atoms with Gasteiger partial charge >= 0.3 is 0 Å². The molecule has 122 valence electrons. The molecule has 2 aromatic rings. The van der Waals surface area contributed by atoms with Crippen LogP contribution in [-0.2, 0) is 11.2 Å². The largest absolute Gasteiger partial charge is 0.375 e. The molecule has 3 rings (SSSR count). The van der Waals surface area contributed by atoms with Crippen LogP contribution in [0.3, 0.4) is 0 Å². The van der Waals surface area contributed by atoms with Gasteiger partial charge in [-0.15, -0.1) is 0 Å². The van der Waals surface area contributed by atoms with Gasteiger partial charge in [-0.25, -0.2) is 4.68 Å². The number of ether oxygens (including phenoxy) is 1. The van der Waals surface area contributed by atoms with Crippen LogP contribution in [0.15, 0.2) is 30.5 Å². The maximum atomic E-state index is 12.8. The van der Waals surface area contributed by atoms with Gasteiger partial charge in [0.15, 0.2) is 0 Å². The lowest BCUT2D eigenvalue weighted by molar-refractivity contribution is -0.0124. The highest BCUT2D eigenvalue weighted by atomic mass is 16.5. The topological polar surface area (TPSA) is 47.4 Å². The predicted octanol–water partition coefficient (Wildman–Crippen LogP) is 2.60. The zero-order valence-corrected chi connectivity index (χ0v) is 14.0. The summed E-state index contributed by atoms with van der Waals surface area (Å²) in [7, 11) is 0. The van der Waals surface area contributed by atoms with Crippen LogP contribution in [0, 0.1) is 6.92 Å². The number of aryl methyl sites for hydroxylation is 1. The van der Waals surface area contributed by atoms with Gasteiger partial charge in [0, 0.05) is 13.1 Å². The molecule has 0 radical (unpaired) electrons. The lowest BCUT2D eigenvalue weighted by Gasteiger charge is -2.31. The van der Waals surface area contributed by atoms with Crippen LogP contribution in [0.5, 0.6) is 0 Å². The highest BCUT2D eigenvalue weighted by Crippen LogP contribution is 2.19. The molecule has 0 unspecified atom stereocenters. The zero-order chi connectivity index (χ0) is 16.4. The van der Waals surface area contributed by atoms with Crippen molar-refractivity contribution >= 4 is 5.91 Å². The molecule has 1 aliphatic rings. The third kappa shape index (κ3) is 3.15. The number of benzene rings is 1. The monoisotopic (exact) mass is 313 g/mol. The smallest absolute Gasteiger partial charge is 0.257 e. The van der Waals surface area contributed by atoms with Crippen LogP contribution in [0.2, 0.25) is 0 Å². The molecule has 0 N–H and O–H groups in total. The number of hydrogen-bond donors (Lipinski definition) is 0. The summed E-state index contributed by atoms with van der Waals surface area (Å²) in [6.07, 6.45) is 2.54. The van der Waals surface area contributed by atoms with Gasteiger partial charge in [-0.2, -0.15) is 5.10 Å². The van der Waals surface area contributed by atoms with E-state index in [1.807, 2.05) is 28.6 Å². The van der Waals surface area contributed by atoms with E-state index in [0.717, 1.165) is 17.8 Å². The maximum Gasteiger partial charge on any atom is 0.257 e. The Hall–Kier alpha value is -2.14. The fraction of sp³-hybridized carbons (Fsp3) is 0.444. The van der Waals surface area contributed by atoms with Crippen molar-refractivity contribution in [3.8, 4) is 5.69 Å². The first-order valence-electron chi connectivity index (χ1n) is 8.15. The molecule has 1 atom stereocenters. The predicted molar refractivity (Wildman–Crippen MR) is 89.0 cm³/mol. The van der Waals surface area contributed by atoms with Crippen LogP contribution in [0.4, 0.5) is 0 Å². The van der Waals surface area contributed by atoms with Gasteiger partial charge in [-0.3, -0.25) is 4.79 Å². The first kappa shape index (κ1) is 15.7. The standard InChI is InChI=1S/C18H23N3O2/c1-4-17-16(18(22)20-9-10-23-14(3)12-20)11-19-21(17)15-7-5-13(2)6-8-15/h5-8,11,14H,4,9-10,12H2,1-3H3/t14-/m0/s1. The maximum absolute atomic E-state index is 12.8. The SMILES string of the molecule is CCc1c(C(=O)N2CCO[C@@H](C)C2)cnn1-c1ccc(C)cc1. The summed E-state index contributed by atoms with van der Waals surface area (Å²) >= 11 is 0. The van der Waals surface area contributed by atoms with Crippen molar-refractivity contribution in [1.82, 2.24) is 14.7 Å². The number of amides is 1. The summed E-state index contributed by atoms with van der Waals surface area (Å²) < 4.78 is 7.39. The summed E-state index contributed by atoms with van der Waals surface area (Å²) in [5.74, 6) is 0.0513. The van der Waals surface area contributed by atoms with Gasteiger partial charge in [0.2, 0.25) is 0 Å². The molecule has 0 aliphatic carbocycles. The number of aromatic nitrogens is 2. The van der Waals surface area contributed by atoms with Gasteiger partial charge in [-0.05, 0) is 32.4 Å². The first-order chi connectivity index (χ1) is 11.1. The van der Waals surface area contributed by atoms with Crippen molar-refractivity contribution in [3.05, 3.63) is 47.3 Å². The Balaban J connectivity index is 1.91. The van der Waals surface area contributed by atoms with E-state index in [-0.39, 0.29) is 12.0 Å². The number of rotatable bonds is 3. The molecule has 1 aromatic heterocycles. The summed E-state index contributed by atoms with van der Waals surface area (Å²) in [6, 6.07) is 8.18. The van der Waals surface area contributed by atoms with Gasteiger partial charge in [0.05, 0.1) is 35.9 Å². The second-order valence-electron chi connectivity index (χ2n) is 6.04. The van der Waals surface area contributed by atoms with Gasteiger partial charge in [0.25, 0.3) is 5.91 Å². The molecule has 5 nitrogen and oxygen atoms in total. The zero-order valence-electron chi connectivity index (χ0n) is 14.0. The van der Waals surface area contributed by atoms with E-state index in [0.29, 0.717) is 25.3 Å². The molecular weight excluding hydrogens is 290 g/mol. The lowest BCUT2D eigenvalue weighted by Crippen LogP contribution is -2.44. The molecule has 2 heterocycles. The molecule has 1 amide bonds. The molecule has 1 aliphatic heterocycles. The highest BCUT2D eigenvalue weighted by Gasteiger charge is 2.26. The van der Waals surface area contributed by atoms with Crippen LogP contribution in [0.25, 0.3) is 5.69 Å². The average Bonchev–Trinajstić information content (AvgIpc) is 2.98. The van der Waals surface area contributed by atoms with Gasteiger partial charge in [-0.1, -0.05) is 24.6 Å². The summed E-state index contributed by atoms with van der Waals surface area (Å²) in [6.45, 7) is 7.98. The lowest BCUT2D eigenvalue weighted by atomic mass is 10.1. The number of nitrogens with zero attached hydrogens (tertiary/aromatic N) is 3. The van der Waals surface area contributed by atoms with Crippen LogP contribution < -0.4 is 0 Å². The Kier molecular flexibility index (Phi) is 4.48. The summed E-state index contributed by atoms with van der Waals surface area (Å²) in [5.41, 5.74) is 3.85. The Labute approximate surface area is 136 Å². The van der Waals surface area contributed by atoms with Gasteiger partial charge in [0.1, 0.15) is 0 Å². The van der Waals surface area contributed by atoms with Crippen LogP contribution >= 0.6 is 0 Å². The van der Waals surface area contributed by atoms with Crippen LogP contribution in [-0.4, -0.2) is 46.4 Å². The van der Waals surface area contributed by atoms with Crippen molar-refractivity contribution < 1.29 is 9.53 Å². The highest BCUT2D eigenvalue weighted by molar-refractivity contribution is 5.95. The van der Waals surface area contributed by atoms with E-state index in [9.17, 15) is 4.79 Å². The molecule has 1 aromatic carbocycles. The van der Waals surface area contributed by atoms with Gasteiger partial charge < -0.3 is 9.64 Å². The van der Waals surface area contributed by atoms with E-state index >= 15 is 0 Å². The fourth-order valence-electron chi connectivity index (χ4n) is 2.97. The quantitative estimate of drug-likeness (QED) is 0.875. The summed E-state index contributed by atoms with van der Waals surface area (Å²) in [5, 5.41) is 4.46. The van der Waals surface area contributed by atoms with Crippen molar-refractivity contribution in [1.29, 1.82) is 0 Å². The first-order valence-corrected chi connectivity index (χ1v) is 8.15. The van der Waals surface area contributed by atoms with E-state index in [4.69, 9.17) is 4.74 Å². The number of carbonyl (C=O) groups excluding carboxylic acids is 1. The van der Waals surface area contributed by atoms with E-state index in [1.54, 1.807) is 6.20 Å². The molecule has 0 saturated carbocycles. The molecule has 1 fully saturated rings. The van der Waals surface area contributed by atoms with E-state index in [2.05, 4.69) is 31.1 Å². The molecule has 5 heteroatoms. The van der Waals surface area contributed by atoms with Crippen molar-refractivity contribution in [2.24, 2.45) is 0 Å². The molecule has 1 saturated heterocycles. The van der Waals surface area contributed by atoms with Crippen molar-refractivity contribution in [2.75, 3.05) is 19.7 Å². The minimum atomic E-state index is 0.0513. The number of carbonyl (C=O) groups is 1. The molecule has 23 heavy (non-hydrogen) atoms. The number of hydrogen-bond acceptors (Lipinski definition) is 3.